The Labute approximate surface area is 196 Å². The van der Waals surface area contributed by atoms with Crippen LogP contribution in [0.5, 0.6) is 5.75 Å². The zero-order valence-electron chi connectivity index (χ0n) is 19.4. The molecule has 0 unspecified atom stereocenters. The van der Waals surface area contributed by atoms with Crippen molar-refractivity contribution in [2.24, 2.45) is 0 Å². The second-order valence-corrected chi connectivity index (χ2v) is 8.28. The highest BCUT2D eigenvalue weighted by Gasteiger charge is 2.15. The summed E-state index contributed by atoms with van der Waals surface area (Å²) in [5.41, 5.74) is 7.61. The van der Waals surface area contributed by atoms with Gasteiger partial charge in [-0.05, 0) is 56.2 Å². The number of imidazole rings is 1. The van der Waals surface area contributed by atoms with E-state index in [0.29, 0.717) is 22.9 Å². The van der Waals surface area contributed by atoms with Crippen LogP contribution in [-0.2, 0) is 0 Å². The highest BCUT2D eigenvalue weighted by atomic mass is 16.5. The molecule has 0 amide bonds. The number of methoxy groups -OCH3 is 1. The molecular formula is C26H24N6O2. The lowest BCUT2D eigenvalue weighted by atomic mass is 9.98. The molecule has 0 spiro atoms. The van der Waals surface area contributed by atoms with Gasteiger partial charge >= 0.3 is 0 Å². The highest BCUT2D eigenvalue weighted by Crippen LogP contribution is 2.31. The SMILES string of the molecule is COc1cc(Nc2nc3c(-c4ccc(C)cc4C=O)cc(C)cn3n2)ccc1-n1cnc(C)c1. The maximum absolute atomic E-state index is 11.7. The quantitative estimate of drug-likeness (QED) is 0.362. The van der Waals surface area contributed by atoms with Crippen molar-refractivity contribution in [2.75, 3.05) is 12.4 Å². The van der Waals surface area contributed by atoms with E-state index in [4.69, 9.17) is 9.72 Å². The van der Waals surface area contributed by atoms with Crippen LogP contribution in [0.1, 0.15) is 27.2 Å². The van der Waals surface area contributed by atoms with Gasteiger partial charge in [0.05, 0.1) is 24.8 Å². The van der Waals surface area contributed by atoms with Crippen LogP contribution >= 0.6 is 0 Å². The predicted octanol–water partition coefficient (Wildman–Crippen LogP) is 5.07. The van der Waals surface area contributed by atoms with Gasteiger partial charge in [-0.2, -0.15) is 4.98 Å². The number of anilines is 2. The molecule has 0 saturated heterocycles. The van der Waals surface area contributed by atoms with Crippen molar-refractivity contribution in [2.45, 2.75) is 20.8 Å². The topological polar surface area (TPSA) is 86.3 Å². The lowest BCUT2D eigenvalue weighted by molar-refractivity contribution is 0.112. The van der Waals surface area contributed by atoms with Crippen LogP contribution in [0.15, 0.2) is 61.2 Å². The van der Waals surface area contributed by atoms with Gasteiger partial charge in [-0.3, -0.25) is 4.79 Å². The molecule has 3 aromatic heterocycles. The summed E-state index contributed by atoms with van der Waals surface area (Å²) in [6, 6.07) is 13.6. The fraction of sp³-hybridized carbons (Fsp3) is 0.154. The molecule has 5 aromatic rings. The third kappa shape index (κ3) is 3.90. The van der Waals surface area contributed by atoms with Gasteiger partial charge in [-0.1, -0.05) is 17.7 Å². The van der Waals surface area contributed by atoms with E-state index >= 15 is 0 Å². The molecule has 170 valence electrons. The standard InChI is InChI=1S/C26H24N6O2/c1-16-5-7-21(19(9-16)14-33)22-10-17(2)12-32-25(22)29-26(30-32)28-20-6-8-23(24(11-20)34-4)31-13-18(3)27-15-31/h5-15H,1-4H3,(H,28,30). The number of aromatic nitrogens is 5. The van der Waals surface area contributed by atoms with Gasteiger partial charge in [0, 0.05) is 35.3 Å². The summed E-state index contributed by atoms with van der Waals surface area (Å²) in [5.74, 6) is 1.14. The van der Waals surface area contributed by atoms with Gasteiger partial charge in [0.2, 0.25) is 5.95 Å². The first kappa shape index (κ1) is 21.4. The average molecular weight is 453 g/mol. The summed E-state index contributed by atoms with van der Waals surface area (Å²) >= 11 is 0. The molecule has 5 rings (SSSR count). The van der Waals surface area contributed by atoms with E-state index in [1.54, 1.807) is 18.0 Å². The maximum atomic E-state index is 11.7. The second-order valence-electron chi connectivity index (χ2n) is 8.28. The van der Waals surface area contributed by atoms with Gasteiger partial charge in [0.25, 0.3) is 0 Å². The van der Waals surface area contributed by atoms with Crippen molar-refractivity contribution < 1.29 is 9.53 Å². The lowest BCUT2D eigenvalue weighted by Gasteiger charge is -2.11. The Bertz CT molecular complexity index is 1530. The summed E-state index contributed by atoms with van der Waals surface area (Å²) in [7, 11) is 1.64. The molecule has 0 aliphatic rings. The molecule has 0 aliphatic carbocycles. The Morgan fingerprint density at radius 1 is 0.971 bits per heavy atom. The van der Waals surface area contributed by atoms with Gasteiger partial charge in [0.1, 0.15) is 5.75 Å². The number of fused-ring (bicyclic) bond motifs is 1. The molecule has 0 atom stereocenters. The number of carbonyl (C=O) groups excluding carboxylic acids is 1. The number of nitrogens with one attached hydrogen (secondary N) is 1. The van der Waals surface area contributed by atoms with Crippen molar-refractivity contribution in [3.05, 3.63) is 83.6 Å². The fourth-order valence-corrected chi connectivity index (χ4v) is 4.05. The third-order valence-corrected chi connectivity index (χ3v) is 5.62. The van der Waals surface area contributed by atoms with Crippen LogP contribution in [0.3, 0.4) is 0 Å². The summed E-state index contributed by atoms with van der Waals surface area (Å²) < 4.78 is 9.26. The molecule has 8 nitrogen and oxygen atoms in total. The number of aldehydes is 1. The normalized spacial score (nSPS) is 11.1. The van der Waals surface area contributed by atoms with Crippen molar-refractivity contribution in [3.63, 3.8) is 0 Å². The zero-order chi connectivity index (χ0) is 23.8. The molecule has 2 aromatic carbocycles. The van der Waals surface area contributed by atoms with Crippen LogP contribution in [0.2, 0.25) is 0 Å². The van der Waals surface area contributed by atoms with E-state index in [9.17, 15) is 4.79 Å². The lowest BCUT2D eigenvalue weighted by Crippen LogP contribution is -1.98. The van der Waals surface area contributed by atoms with Crippen molar-refractivity contribution in [3.8, 4) is 22.6 Å². The fourth-order valence-electron chi connectivity index (χ4n) is 4.05. The first-order valence-electron chi connectivity index (χ1n) is 10.8. The van der Waals surface area contributed by atoms with Gasteiger partial charge < -0.3 is 14.6 Å². The minimum Gasteiger partial charge on any atom is -0.494 e. The number of carbonyl (C=O) groups is 1. The number of hydrogen-bond acceptors (Lipinski definition) is 6. The van der Waals surface area contributed by atoms with E-state index in [1.807, 2.05) is 80.2 Å². The maximum Gasteiger partial charge on any atom is 0.247 e. The molecule has 0 radical (unpaired) electrons. The Balaban J connectivity index is 1.54. The molecule has 0 bridgehead atoms. The van der Waals surface area contributed by atoms with Crippen LogP contribution in [0.25, 0.3) is 22.5 Å². The number of aryl methyl sites for hydroxylation is 3. The molecule has 0 saturated carbocycles. The average Bonchev–Trinajstić information content (AvgIpc) is 3.43. The predicted molar refractivity (Wildman–Crippen MR) is 131 cm³/mol. The first-order chi connectivity index (χ1) is 16.4. The minimum absolute atomic E-state index is 0.444. The van der Waals surface area contributed by atoms with Gasteiger partial charge in [-0.15, -0.1) is 5.10 Å². The Morgan fingerprint density at radius 3 is 2.56 bits per heavy atom. The number of ether oxygens (including phenoxy) is 1. The third-order valence-electron chi connectivity index (χ3n) is 5.62. The highest BCUT2D eigenvalue weighted by molar-refractivity contribution is 5.92. The van der Waals surface area contributed by atoms with Gasteiger partial charge in [0.15, 0.2) is 11.9 Å². The Morgan fingerprint density at radius 2 is 1.82 bits per heavy atom. The molecule has 8 heteroatoms. The Kier molecular flexibility index (Phi) is 5.33. The van der Waals surface area contributed by atoms with Crippen molar-refractivity contribution in [1.29, 1.82) is 0 Å². The van der Waals surface area contributed by atoms with Crippen LogP contribution < -0.4 is 10.1 Å². The van der Waals surface area contributed by atoms with Crippen molar-refractivity contribution >= 4 is 23.6 Å². The van der Waals surface area contributed by atoms with Crippen LogP contribution in [-0.4, -0.2) is 37.5 Å². The van der Waals surface area contributed by atoms with Gasteiger partial charge in [-0.25, -0.2) is 9.50 Å². The smallest absolute Gasteiger partial charge is 0.247 e. The molecular weight excluding hydrogens is 428 g/mol. The van der Waals surface area contributed by atoms with E-state index in [1.165, 1.54) is 0 Å². The van der Waals surface area contributed by atoms with E-state index in [-0.39, 0.29) is 0 Å². The molecule has 3 heterocycles. The summed E-state index contributed by atoms with van der Waals surface area (Å²) in [4.78, 5) is 20.8. The molecule has 0 fully saturated rings. The van der Waals surface area contributed by atoms with E-state index in [0.717, 1.165) is 45.6 Å². The second kappa shape index (κ2) is 8.47. The molecule has 34 heavy (non-hydrogen) atoms. The molecule has 1 N–H and O–H groups in total. The minimum atomic E-state index is 0.444. The van der Waals surface area contributed by atoms with Crippen LogP contribution in [0, 0.1) is 20.8 Å². The number of pyridine rings is 1. The largest absolute Gasteiger partial charge is 0.494 e. The Hall–Kier alpha value is -4.46. The van der Waals surface area contributed by atoms with Crippen LogP contribution in [0.4, 0.5) is 11.6 Å². The van der Waals surface area contributed by atoms with E-state index < -0.39 is 0 Å². The first-order valence-corrected chi connectivity index (χ1v) is 10.8. The summed E-state index contributed by atoms with van der Waals surface area (Å²) in [6.07, 6.45) is 6.49. The number of hydrogen-bond donors (Lipinski definition) is 1. The summed E-state index contributed by atoms with van der Waals surface area (Å²) in [5, 5.41) is 7.89. The summed E-state index contributed by atoms with van der Waals surface area (Å²) in [6.45, 7) is 5.90. The number of rotatable bonds is 6. The number of nitrogens with zero attached hydrogens (tertiary/aromatic N) is 5. The molecule has 0 aliphatic heterocycles. The monoisotopic (exact) mass is 452 g/mol. The van der Waals surface area contributed by atoms with Crippen molar-refractivity contribution in [1.82, 2.24) is 24.1 Å². The zero-order valence-corrected chi connectivity index (χ0v) is 19.4. The number of benzene rings is 2. The van der Waals surface area contributed by atoms with E-state index in [2.05, 4.69) is 15.4 Å².